The first kappa shape index (κ1) is 18.1. The second kappa shape index (κ2) is 6.12. The molecule has 1 N–H and O–H groups in total. The van der Waals surface area contributed by atoms with Crippen LogP contribution in [0.15, 0.2) is 53.3 Å². The Morgan fingerprint density at radius 3 is 2.18 bits per heavy atom. The fraction of sp³-hybridized carbons (Fsp3) is 0.200. The lowest BCUT2D eigenvalue weighted by atomic mass is 10.1. The fourth-order valence-corrected chi connectivity index (χ4v) is 3.63. The SMILES string of the molecule is CN(C)c1c2ccccc2c2[nH]n(-c3ccc(C(F)(F)F)cc3)c(=O)c2[n+]1C. The van der Waals surface area contributed by atoms with Gasteiger partial charge in [-0.15, -0.1) is 0 Å². The zero-order chi connectivity index (χ0) is 20.2. The molecule has 0 aliphatic carbocycles. The van der Waals surface area contributed by atoms with Crippen LogP contribution in [0.1, 0.15) is 5.56 Å². The van der Waals surface area contributed by atoms with Crippen molar-refractivity contribution in [3.63, 3.8) is 0 Å². The molecule has 0 aliphatic rings. The van der Waals surface area contributed by atoms with E-state index in [2.05, 4.69) is 5.10 Å². The molecule has 0 spiro atoms. The Morgan fingerprint density at radius 2 is 1.61 bits per heavy atom. The number of halogens is 3. The van der Waals surface area contributed by atoms with Crippen LogP contribution in [0.4, 0.5) is 19.0 Å². The number of anilines is 1. The summed E-state index contributed by atoms with van der Waals surface area (Å²) in [7, 11) is 5.60. The molecule has 0 fully saturated rings. The quantitative estimate of drug-likeness (QED) is 0.536. The van der Waals surface area contributed by atoms with Gasteiger partial charge in [0.15, 0.2) is 0 Å². The molecule has 4 rings (SSSR count). The first-order valence-corrected chi connectivity index (χ1v) is 8.60. The van der Waals surface area contributed by atoms with E-state index in [-0.39, 0.29) is 5.56 Å². The van der Waals surface area contributed by atoms with E-state index in [0.29, 0.717) is 16.7 Å². The summed E-state index contributed by atoms with van der Waals surface area (Å²) in [5, 5.41) is 4.90. The third kappa shape index (κ3) is 2.64. The zero-order valence-corrected chi connectivity index (χ0v) is 15.5. The van der Waals surface area contributed by atoms with Gasteiger partial charge in [-0.05, 0) is 30.3 Å². The second-order valence-corrected chi connectivity index (χ2v) is 6.84. The van der Waals surface area contributed by atoms with Gasteiger partial charge in [0, 0.05) is 5.39 Å². The van der Waals surface area contributed by atoms with Crippen molar-refractivity contribution < 1.29 is 17.7 Å². The van der Waals surface area contributed by atoms with Gasteiger partial charge in [0.25, 0.3) is 5.82 Å². The summed E-state index contributed by atoms with van der Waals surface area (Å²) in [6, 6.07) is 12.2. The van der Waals surface area contributed by atoms with Gasteiger partial charge in [-0.1, -0.05) is 18.2 Å². The van der Waals surface area contributed by atoms with E-state index in [4.69, 9.17) is 0 Å². The molecule has 2 aromatic carbocycles. The van der Waals surface area contributed by atoms with Gasteiger partial charge in [0.05, 0.1) is 37.8 Å². The summed E-state index contributed by atoms with van der Waals surface area (Å²) in [4.78, 5) is 15.0. The Bertz CT molecular complexity index is 1250. The van der Waals surface area contributed by atoms with Gasteiger partial charge in [-0.3, -0.25) is 14.8 Å². The molecule has 0 atom stereocenters. The second-order valence-electron chi connectivity index (χ2n) is 6.84. The van der Waals surface area contributed by atoms with Crippen molar-refractivity contribution in [2.75, 3.05) is 19.0 Å². The number of benzene rings is 2. The number of aromatic nitrogens is 3. The average Bonchev–Trinajstić information content (AvgIpc) is 2.99. The molecular formula is C20H18F3N4O+. The van der Waals surface area contributed by atoms with E-state index in [1.165, 1.54) is 16.8 Å². The topological polar surface area (TPSA) is 44.9 Å². The lowest BCUT2D eigenvalue weighted by Gasteiger charge is -2.11. The molecule has 0 saturated carbocycles. The molecule has 0 unspecified atom stereocenters. The van der Waals surface area contributed by atoms with Crippen molar-refractivity contribution in [1.82, 2.24) is 9.78 Å². The Morgan fingerprint density at radius 1 is 1.00 bits per heavy atom. The third-order valence-electron chi connectivity index (χ3n) is 4.83. The van der Waals surface area contributed by atoms with Crippen molar-refractivity contribution >= 4 is 27.6 Å². The first-order valence-electron chi connectivity index (χ1n) is 8.60. The van der Waals surface area contributed by atoms with Crippen molar-refractivity contribution in [2.45, 2.75) is 6.18 Å². The largest absolute Gasteiger partial charge is 0.416 e. The molecule has 0 bridgehead atoms. The van der Waals surface area contributed by atoms with Crippen molar-refractivity contribution in [2.24, 2.45) is 7.05 Å². The van der Waals surface area contributed by atoms with Crippen LogP contribution in [0, 0.1) is 0 Å². The van der Waals surface area contributed by atoms with Crippen molar-refractivity contribution in [3.8, 4) is 5.69 Å². The fourth-order valence-electron chi connectivity index (χ4n) is 3.63. The highest BCUT2D eigenvalue weighted by atomic mass is 19.4. The maximum atomic E-state index is 13.1. The molecule has 0 aliphatic heterocycles. The Kier molecular flexibility index (Phi) is 3.95. The van der Waals surface area contributed by atoms with Crippen molar-refractivity contribution in [3.05, 3.63) is 64.4 Å². The van der Waals surface area contributed by atoms with Crippen LogP contribution in [0.25, 0.3) is 27.5 Å². The number of fused-ring (bicyclic) bond motifs is 3. The first-order chi connectivity index (χ1) is 13.2. The molecule has 2 aromatic heterocycles. The molecule has 0 radical (unpaired) electrons. The normalized spacial score (nSPS) is 12.1. The van der Waals surface area contributed by atoms with Gasteiger partial charge in [-0.2, -0.15) is 13.2 Å². The molecular weight excluding hydrogens is 369 g/mol. The summed E-state index contributed by atoms with van der Waals surface area (Å²) >= 11 is 0. The maximum absolute atomic E-state index is 13.1. The van der Waals surface area contributed by atoms with Gasteiger partial charge in [0.1, 0.15) is 5.52 Å². The van der Waals surface area contributed by atoms with Gasteiger partial charge >= 0.3 is 11.7 Å². The van der Waals surface area contributed by atoms with E-state index < -0.39 is 11.7 Å². The van der Waals surface area contributed by atoms with Crippen LogP contribution in [0.3, 0.4) is 0 Å². The minimum absolute atomic E-state index is 0.328. The number of alkyl halides is 3. The number of H-pyrrole nitrogens is 1. The van der Waals surface area contributed by atoms with E-state index >= 15 is 0 Å². The number of pyridine rings is 1. The Labute approximate surface area is 158 Å². The molecule has 0 amide bonds. The van der Waals surface area contributed by atoms with Gasteiger partial charge in [-0.25, -0.2) is 9.25 Å². The smallest absolute Gasteiger partial charge is 0.286 e. The van der Waals surface area contributed by atoms with Gasteiger partial charge in [0.2, 0.25) is 5.52 Å². The Balaban J connectivity index is 2.03. The van der Waals surface area contributed by atoms with Crippen LogP contribution in [0.5, 0.6) is 0 Å². The molecule has 0 saturated heterocycles. The third-order valence-corrected chi connectivity index (χ3v) is 4.83. The summed E-state index contributed by atoms with van der Waals surface area (Å²) < 4.78 is 41.6. The van der Waals surface area contributed by atoms with Gasteiger partial charge < -0.3 is 0 Å². The van der Waals surface area contributed by atoms with E-state index in [9.17, 15) is 18.0 Å². The summed E-state index contributed by atoms with van der Waals surface area (Å²) in [5.74, 6) is 0.860. The number of aryl methyl sites for hydroxylation is 1. The zero-order valence-electron chi connectivity index (χ0n) is 15.5. The summed E-state index contributed by atoms with van der Waals surface area (Å²) in [5.41, 5.74) is 0.331. The molecule has 28 heavy (non-hydrogen) atoms. The van der Waals surface area contributed by atoms with E-state index in [1.54, 1.807) is 11.6 Å². The highest BCUT2D eigenvalue weighted by molar-refractivity contribution is 6.06. The number of hydrogen-bond acceptors (Lipinski definition) is 2. The standard InChI is InChI=1S/C20H17F3N4O/c1-25(2)18-15-7-5-4-6-14(15)16-17(26(18)3)19(28)27(24-16)13-10-8-12(9-11-13)20(21,22)23/h4-11H,1-3H3/p+1. The van der Waals surface area contributed by atoms with Crippen LogP contribution in [-0.4, -0.2) is 23.9 Å². The van der Waals surface area contributed by atoms with E-state index in [1.807, 2.05) is 43.3 Å². The van der Waals surface area contributed by atoms with Crippen LogP contribution in [0.2, 0.25) is 0 Å². The number of nitrogens with one attached hydrogen (secondary N) is 1. The number of rotatable bonds is 2. The minimum Gasteiger partial charge on any atom is -0.286 e. The Hall–Kier alpha value is -3.29. The lowest BCUT2D eigenvalue weighted by Crippen LogP contribution is -2.39. The molecule has 4 aromatic rings. The summed E-state index contributed by atoms with van der Waals surface area (Å²) in [6.45, 7) is 0. The average molecular weight is 387 g/mol. The lowest BCUT2D eigenvalue weighted by molar-refractivity contribution is -0.631. The maximum Gasteiger partial charge on any atom is 0.416 e. The van der Waals surface area contributed by atoms with Crippen LogP contribution >= 0.6 is 0 Å². The molecule has 144 valence electrons. The van der Waals surface area contributed by atoms with Crippen LogP contribution < -0.4 is 15.0 Å². The van der Waals surface area contributed by atoms with Crippen molar-refractivity contribution in [1.29, 1.82) is 0 Å². The minimum atomic E-state index is -4.42. The van der Waals surface area contributed by atoms with Crippen LogP contribution in [-0.2, 0) is 13.2 Å². The molecule has 2 heterocycles. The molecule has 5 nitrogen and oxygen atoms in total. The molecule has 8 heteroatoms. The highest BCUT2D eigenvalue weighted by Gasteiger charge is 2.30. The monoisotopic (exact) mass is 387 g/mol. The predicted molar refractivity (Wildman–Crippen MR) is 102 cm³/mol. The number of hydrogen-bond donors (Lipinski definition) is 1. The summed E-state index contributed by atoms with van der Waals surface area (Å²) in [6.07, 6.45) is -4.42. The van der Waals surface area contributed by atoms with E-state index in [0.717, 1.165) is 28.7 Å². The number of aromatic amines is 1. The number of nitrogens with zero attached hydrogens (tertiary/aromatic N) is 3. The highest BCUT2D eigenvalue weighted by Crippen LogP contribution is 2.30. The predicted octanol–water partition coefficient (Wildman–Crippen LogP) is 3.38.